The van der Waals surface area contributed by atoms with Crippen LogP contribution in [0.25, 0.3) is 0 Å². The molecule has 1 aromatic carbocycles. The van der Waals surface area contributed by atoms with Crippen LogP contribution in [0, 0.1) is 0 Å². The second kappa shape index (κ2) is 6.84. The van der Waals surface area contributed by atoms with Gasteiger partial charge in [0.25, 0.3) is 5.91 Å². The molecule has 8 heteroatoms. The van der Waals surface area contributed by atoms with Crippen LogP contribution in [0.15, 0.2) is 30.3 Å². The smallest absolute Gasteiger partial charge is 0.337 e. The van der Waals surface area contributed by atoms with E-state index in [0.29, 0.717) is 22.1 Å². The van der Waals surface area contributed by atoms with Gasteiger partial charge in [-0.15, -0.1) is 10.2 Å². The molecule has 0 radical (unpaired) electrons. The maximum Gasteiger partial charge on any atom is 0.337 e. The second-order valence-electron chi connectivity index (χ2n) is 5.36. The predicted octanol–water partition coefficient (Wildman–Crippen LogP) is 2.55. The molecule has 1 saturated carbocycles. The Morgan fingerprint density at radius 2 is 2.00 bits per heavy atom. The minimum Gasteiger partial charge on any atom is -0.465 e. The lowest BCUT2D eigenvalue weighted by Gasteiger charge is -2.09. The zero-order valence-corrected chi connectivity index (χ0v) is 13.6. The van der Waals surface area contributed by atoms with Crippen molar-refractivity contribution >= 4 is 35.0 Å². The Labute approximate surface area is 143 Å². The number of amides is 1. The van der Waals surface area contributed by atoms with E-state index in [4.69, 9.17) is 11.6 Å². The van der Waals surface area contributed by atoms with Gasteiger partial charge in [-0.25, -0.2) is 4.79 Å². The van der Waals surface area contributed by atoms with Crippen LogP contribution in [0.4, 0.5) is 11.5 Å². The lowest BCUT2D eigenvalue weighted by atomic mass is 10.2. The highest BCUT2D eigenvalue weighted by Crippen LogP contribution is 2.26. The number of anilines is 2. The number of hydrogen-bond acceptors (Lipinski definition) is 6. The summed E-state index contributed by atoms with van der Waals surface area (Å²) in [5.74, 6) is -0.294. The van der Waals surface area contributed by atoms with Crippen LogP contribution >= 0.6 is 11.6 Å². The summed E-state index contributed by atoms with van der Waals surface area (Å²) in [6, 6.07) is 8.17. The fraction of sp³-hybridized carbons (Fsp3) is 0.250. The fourth-order valence-corrected chi connectivity index (χ4v) is 2.18. The predicted molar refractivity (Wildman–Crippen MR) is 88.6 cm³/mol. The van der Waals surface area contributed by atoms with Gasteiger partial charge in [0, 0.05) is 6.04 Å². The summed E-state index contributed by atoms with van der Waals surface area (Å²) < 4.78 is 4.68. The van der Waals surface area contributed by atoms with Crippen molar-refractivity contribution in [3.05, 3.63) is 46.6 Å². The summed E-state index contributed by atoms with van der Waals surface area (Å²) in [4.78, 5) is 23.4. The number of nitrogens with one attached hydrogen (secondary N) is 2. The summed E-state index contributed by atoms with van der Waals surface area (Å²) in [7, 11) is 1.31. The highest BCUT2D eigenvalue weighted by molar-refractivity contribution is 6.33. The normalized spacial score (nSPS) is 13.2. The zero-order valence-electron chi connectivity index (χ0n) is 12.9. The van der Waals surface area contributed by atoms with Crippen LogP contribution < -0.4 is 10.6 Å². The molecule has 2 N–H and O–H groups in total. The molecular formula is C16H15ClN4O3. The van der Waals surface area contributed by atoms with Gasteiger partial charge in [-0.1, -0.05) is 11.6 Å². The van der Waals surface area contributed by atoms with Gasteiger partial charge in [-0.3, -0.25) is 4.79 Å². The maximum atomic E-state index is 11.9. The maximum absolute atomic E-state index is 11.9. The molecule has 7 nitrogen and oxygen atoms in total. The highest BCUT2D eigenvalue weighted by atomic mass is 35.5. The van der Waals surface area contributed by atoms with Crippen molar-refractivity contribution in [2.75, 3.05) is 12.4 Å². The van der Waals surface area contributed by atoms with Crippen LogP contribution in [0.2, 0.25) is 5.02 Å². The Hall–Kier alpha value is -2.67. The summed E-state index contributed by atoms with van der Waals surface area (Å²) in [6.45, 7) is 0. The second-order valence-corrected chi connectivity index (χ2v) is 5.77. The monoisotopic (exact) mass is 346 g/mol. The first-order valence-electron chi connectivity index (χ1n) is 7.36. The van der Waals surface area contributed by atoms with Crippen molar-refractivity contribution in [1.82, 2.24) is 15.5 Å². The number of ether oxygens (including phenoxy) is 1. The number of carbonyl (C=O) groups is 2. The van der Waals surface area contributed by atoms with Crippen LogP contribution in [0.5, 0.6) is 0 Å². The summed E-state index contributed by atoms with van der Waals surface area (Å²) in [5.41, 5.74) is 1.10. The Balaban J connectivity index is 1.73. The number of rotatable bonds is 5. The molecule has 0 spiro atoms. The van der Waals surface area contributed by atoms with E-state index in [-0.39, 0.29) is 17.6 Å². The molecule has 1 amide bonds. The molecule has 0 unspecified atom stereocenters. The van der Waals surface area contributed by atoms with Gasteiger partial charge >= 0.3 is 5.97 Å². The molecule has 24 heavy (non-hydrogen) atoms. The van der Waals surface area contributed by atoms with E-state index < -0.39 is 5.97 Å². The van der Waals surface area contributed by atoms with Gasteiger partial charge in [0.05, 0.1) is 23.4 Å². The van der Waals surface area contributed by atoms with Gasteiger partial charge in [0.1, 0.15) is 0 Å². The van der Waals surface area contributed by atoms with Crippen molar-refractivity contribution in [3.63, 3.8) is 0 Å². The van der Waals surface area contributed by atoms with E-state index in [0.717, 1.165) is 12.8 Å². The van der Waals surface area contributed by atoms with Gasteiger partial charge in [-0.05, 0) is 43.2 Å². The van der Waals surface area contributed by atoms with E-state index in [1.807, 2.05) is 0 Å². The zero-order chi connectivity index (χ0) is 17.1. The third kappa shape index (κ3) is 3.80. The molecule has 0 saturated heterocycles. The van der Waals surface area contributed by atoms with Crippen molar-refractivity contribution in [3.8, 4) is 0 Å². The number of carbonyl (C=O) groups excluding carboxylic acids is 2. The Morgan fingerprint density at radius 3 is 2.62 bits per heavy atom. The van der Waals surface area contributed by atoms with E-state index in [2.05, 4.69) is 25.6 Å². The number of nitrogens with zero attached hydrogens (tertiary/aromatic N) is 2. The van der Waals surface area contributed by atoms with Crippen LogP contribution in [0.1, 0.15) is 33.7 Å². The van der Waals surface area contributed by atoms with Crippen LogP contribution in [-0.4, -0.2) is 35.2 Å². The Bertz CT molecular complexity index is 775. The standard InChI is InChI=1S/C16H15ClN4O3/c1-24-16(23)9-2-5-11(17)13(8-9)19-14-7-6-12(20-21-14)15(22)18-10-3-4-10/h2,5-8,10H,3-4H2,1H3,(H,18,22)(H,19,21). The number of esters is 1. The number of aromatic nitrogens is 2. The van der Waals surface area contributed by atoms with Crippen molar-refractivity contribution in [2.24, 2.45) is 0 Å². The van der Waals surface area contributed by atoms with Crippen molar-refractivity contribution in [2.45, 2.75) is 18.9 Å². The lowest BCUT2D eigenvalue weighted by Crippen LogP contribution is -2.26. The molecule has 3 rings (SSSR count). The first kappa shape index (κ1) is 16.2. The van der Waals surface area contributed by atoms with Gasteiger partial charge < -0.3 is 15.4 Å². The summed E-state index contributed by atoms with van der Waals surface area (Å²) in [5, 5.41) is 14.1. The van der Waals surface area contributed by atoms with E-state index >= 15 is 0 Å². The van der Waals surface area contributed by atoms with Gasteiger partial charge in [0.15, 0.2) is 11.5 Å². The van der Waals surface area contributed by atoms with Crippen LogP contribution in [-0.2, 0) is 4.74 Å². The highest BCUT2D eigenvalue weighted by Gasteiger charge is 2.24. The van der Waals surface area contributed by atoms with E-state index in [1.165, 1.54) is 7.11 Å². The Kier molecular flexibility index (Phi) is 4.61. The molecular weight excluding hydrogens is 332 g/mol. The quantitative estimate of drug-likeness (QED) is 0.808. The molecule has 1 aromatic heterocycles. The molecule has 1 fully saturated rings. The molecule has 0 atom stereocenters. The minimum absolute atomic E-state index is 0.234. The molecule has 1 aliphatic carbocycles. The number of methoxy groups -OCH3 is 1. The molecule has 1 aliphatic rings. The van der Waals surface area contributed by atoms with Crippen LogP contribution in [0.3, 0.4) is 0 Å². The Morgan fingerprint density at radius 1 is 1.21 bits per heavy atom. The summed E-state index contributed by atoms with van der Waals surface area (Å²) in [6.07, 6.45) is 2.02. The first-order valence-corrected chi connectivity index (χ1v) is 7.74. The average molecular weight is 347 g/mol. The summed E-state index contributed by atoms with van der Waals surface area (Å²) >= 11 is 6.11. The minimum atomic E-state index is -0.465. The number of benzene rings is 1. The molecule has 0 bridgehead atoms. The van der Waals surface area contributed by atoms with Gasteiger partial charge in [0.2, 0.25) is 0 Å². The first-order chi connectivity index (χ1) is 11.6. The molecule has 1 heterocycles. The SMILES string of the molecule is COC(=O)c1ccc(Cl)c(Nc2ccc(C(=O)NC3CC3)nn2)c1. The third-order valence-electron chi connectivity index (χ3n) is 3.46. The molecule has 0 aliphatic heterocycles. The topological polar surface area (TPSA) is 93.2 Å². The van der Waals surface area contributed by atoms with E-state index in [1.54, 1.807) is 30.3 Å². The molecule has 124 valence electrons. The third-order valence-corrected chi connectivity index (χ3v) is 3.79. The fourth-order valence-electron chi connectivity index (χ4n) is 2.01. The van der Waals surface area contributed by atoms with E-state index in [9.17, 15) is 9.59 Å². The van der Waals surface area contributed by atoms with Crippen molar-refractivity contribution in [1.29, 1.82) is 0 Å². The average Bonchev–Trinajstić information content (AvgIpc) is 3.40. The number of halogens is 1. The number of hydrogen-bond donors (Lipinski definition) is 2. The molecule has 2 aromatic rings. The largest absolute Gasteiger partial charge is 0.465 e. The van der Waals surface area contributed by atoms with Gasteiger partial charge in [-0.2, -0.15) is 0 Å². The lowest BCUT2D eigenvalue weighted by molar-refractivity contribution is 0.0600. The van der Waals surface area contributed by atoms with Crippen molar-refractivity contribution < 1.29 is 14.3 Å².